The summed E-state index contributed by atoms with van der Waals surface area (Å²) in [6, 6.07) is 5.12. The van der Waals surface area contributed by atoms with E-state index >= 15 is 0 Å². The van der Waals surface area contributed by atoms with Crippen LogP contribution in [0.15, 0.2) is 29.2 Å². The summed E-state index contributed by atoms with van der Waals surface area (Å²) >= 11 is 0. The summed E-state index contributed by atoms with van der Waals surface area (Å²) < 4.78 is 90.2. The molecule has 0 saturated heterocycles. The van der Waals surface area contributed by atoms with Gasteiger partial charge in [0.25, 0.3) is 0 Å². The van der Waals surface area contributed by atoms with E-state index in [1.807, 2.05) is 4.72 Å². The van der Waals surface area contributed by atoms with Crippen molar-refractivity contribution in [3.05, 3.63) is 53.1 Å². The maximum Gasteiger partial charge on any atom is 0.240 e. The van der Waals surface area contributed by atoms with Crippen molar-refractivity contribution < 1.29 is 35.5 Å². The Kier molecular flexibility index (Phi) is 5.53. The van der Waals surface area contributed by atoms with Crippen molar-refractivity contribution in [2.75, 3.05) is 14.2 Å². The molecule has 0 radical (unpaired) electrons. The second-order valence-electron chi connectivity index (χ2n) is 4.77. The van der Waals surface area contributed by atoms with Gasteiger partial charge in [-0.05, 0) is 24.3 Å². The van der Waals surface area contributed by atoms with Crippen LogP contribution < -0.4 is 14.2 Å². The molecule has 136 valence electrons. The van der Waals surface area contributed by atoms with Gasteiger partial charge in [-0.25, -0.2) is 21.9 Å². The first-order valence-electron chi connectivity index (χ1n) is 6.75. The van der Waals surface area contributed by atoms with E-state index in [0.29, 0.717) is 5.75 Å². The number of benzene rings is 2. The largest absolute Gasteiger partial charge is 0.497 e. The van der Waals surface area contributed by atoms with Gasteiger partial charge in [-0.1, -0.05) is 0 Å². The third-order valence-corrected chi connectivity index (χ3v) is 4.74. The van der Waals surface area contributed by atoms with Crippen LogP contribution in [0.1, 0.15) is 5.56 Å². The van der Waals surface area contributed by atoms with E-state index in [4.69, 9.17) is 4.74 Å². The van der Waals surface area contributed by atoms with E-state index in [1.165, 1.54) is 31.4 Å². The van der Waals surface area contributed by atoms with E-state index in [2.05, 4.69) is 4.74 Å². The van der Waals surface area contributed by atoms with Crippen LogP contribution in [0.25, 0.3) is 0 Å². The zero-order chi connectivity index (χ0) is 18.8. The highest BCUT2D eigenvalue weighted by molar-refractivity contribution is 7.89. The van der Waals surface area contributed by atoms with Crippen LogP contribution in [0.3, 0.4) is 0 Å². The lowest BCUT2D eigenvalue weighted by atomic mass is 10.1. The maximum atomic E-state index is 13.9. The lowest BCUT2D eigenvalue weighted by Gasteiger charge is -2.12. The zero-order valence-corrected chi connectivity index (χ0v) is 13.9. The summed E-state index contributed by atoms with van der Waals surface area (Å²) in [5.74, 6) is -7.81. The minimum atomic E-state index is -4.17. The van der Waals surface area contributed by atoms with Crippen LogP contribution in [-0.4, -0.2) is 22.6 Å². The molecule has 2 aromatic rings. The van der Waals surface area contributed by atoms with Crippen molar-refractivity contribution in [3.8, 4) is 11.5 Å². The molecule has 0 atom stereocenters. The molecular weight excluding hydrogens is 366 g/mol. The quantitative estimate of drug-likeness (QED) is 0.619. The first kappa shape index (κ1) is 19.0. The average Bonchev–Trinajstić information content (AvgIpc) is 2.60. The molecule has 5 nitrogen and oxygen atoms in total. The van der Waals surface area contributed by atoms with Crippen molar-refractivity contribution in [1.82, 2.24) is 4.72 Å². The van der Waals surface area contributed by atoms with E-state index in [-0.39, 0.29) is 4.90 Å². The highest BCUT2D eigenvalue weighted by Gasteiger charge is 2.27. The first-order chi connectivity index (χ1) is 11.7. The molecule has 0 heterocycles. The number of hydrogen-bond donors (Lipinski definition) is 1. The molecule has 1 N–H and O–H groups in total. The summed E-state index contributed by atoms with van der Waals surface area (Å²) in [7, 11) is -1.94. The number of methoxy groups -OCH3 is 2. The monoisotopic (exact) mass is 379 g/mol. The van der Waals surface area contributed by atoms with E-state index < -0.39 is 51.1 Å². The molecule has 25 heavy (non-hydrogen) atoms. The number of sulfonamides is 1. The third-order valence-electron chi connectivity index (χ3n) is 3.33. The van der Waals surface area contributed by atoms with Gasteiger partial charge in [0.05, 0.1) is 19.1 Å². The highest BCUT2D eigenvalue weighted by atomic mass is 32.2. The molecule has 0 saturated carbocycles. The molecule has 0 fully saturated rings. The molecule has 2 aromatic carbocycles. The fourth-order valence-electron chi connectivity index (χ4n) is 2.00. The Bertz CT molecular complexity index is 856. The predicted octanol–water partition coefficient (Wildman–Crippen LogP) is 2.74. The van der Waals surface area contributed by atoms with Gasteiger partial charge in [0, 0.05) is 12.1 Å². The molecule has 0 aliphatic carbocycles. The topological polar surface area (TPSA) is 64.6 Å². The summed E-state index contributed by atoms with van der Waals surface area (Å²) in [6.07, 6.45) is 0. The van der Waals surface area contributed by atoms with Crippen molar-refractivity contribution in [2.45, 2.75) is 11.4 Å². The highest BCUT2D eigenvalue weighted by Crippen LogP contribution is 2.30. The van der Waals surface area contributed by atoms with Gasteiger partial charge in [0.1, 0.15) is 5.75 Å². The molecule has 0 bridgehead atoms. The molecule has 10 heteroatoms. The van der Waals surface area contributed by atoms with Gasteiger partial charge in [-0.15, -0.1) is 0 Å². The summed E-state index contributed by atoms with van der Waals surface area (Å²) in [6.45, 7) is -0.996. The van der Waals surface area contributed by atoms with Gasteiger partial charge in [-0.2, -0.15) is 8.78 Å². The second kappa shape index (κ2) is 7.28. The van der Waals surface area contributed by atoms with Gasteiger partial charge < -0.3 is 9.47 Å². The van der Waals surface area contributed by atoms with Crippen molar-refractivity contribution in [2.24, 2.45) is 0 Å². The Labute approximate surface area is 141 Å². The van der Waals surface area contributed by atoms with Gasteiger partial charge >= 0.3 is 0 Å². The molecule has 0 unspecified atom stereocenters. The van der Waals surface area contributed by atoms with Crippen LogP contribution in [0.2, 0.25) is 0 Å². The van der Waals surface area contributed by atoms with E-state index in [0.717, 1.165) is 7.11 Å². The van der Waals surface area contributed by atoms with Gasteiger partial charge in [0.2, 0.25) is 21.7 Å². The first-order valence-corrected chi connectivity index (χ1v) is 8.23. The zero-order valence-electron chi connectivity index (χ0n) is 13.1. The minimum Gasteiger partial charge on any atom is -0.497 e. The Hall–Kier alpha value is -2.33. The summed E-state index contributed by atoms with van der Waals surface area (Å²) in [5.41, 5.74) is -1.10. The van der Waals surface area contributed by atoms with Crippen LogP contribution in [0, 0.1) is 23.3 Å². The number of ether oxygens (including phenoxy) is 2. The lowest BCUT2D eigenvalue weighted by Crippen LogP contribution is -2.25. The fraction of sp³-hybridized carbons (Fsp3) is 0.200. The summed E-state index contributed by atoms with van der Waals surface area (Å²) in [4.78, 5) is -0.219. The molecule has 0 aliphatic rings. The molecule has 0 aromatic heterocycles. The Balaban J connectivity index is 2.31. The standard InChI is InChI=1S/C15H13F4NO4S/c1-23-8-3-5-9(6-4-8)25(21,22)20-7-10-11(16)13(18)15(24-2)14(19)12(10)17/h3-6,20H,7H2,1-2H3. The maximum absolute atomic E-state index is 13.9. The molecule has 0 aliphatic heterocycles. The van der Waals surface area contributed by atoms with E-state index in [9.17, 15) is 26.0 Å². The normalized spacial score (nSPS) is 11.4. The van der Waals surface area contributed by atoms with Crippen molar-refractivity contribution in [3.63, 3.8) is 0 Å². The second-order valence-corrected chi connectivity index (χ2v) is 6.53. The Morgan fingerprint density at radius 1 is 0.880 bits per heavy atom. The van der Waals surface area contributed by atoms with Crippen LogP contribution >= 0.6 is 0 Å². The minimum absolute atomic E-state index is 0.219. The lowest BCUT2D eigenvalue weighted by molar-refractivity contribution is 0.328. The molecule has 0 amide bonds. The van der Waals surface area contributed by atoms with E-state index in [1.54, 1.807) is 0 Å². The SMILES string of the molecule is COc1ccc(S(=O)(=O)NCc2c(F)c(F)c(OC)c(F)c2F)cc1. The number of halogens is 4. The van der Waals surface area contributed by atoms with Crippen LogP contribution in [0.4, 0.5) is 17.6 Å². The number of nitrogens with one attached hydrogen (secondary N) is 1. The van der Waals surface area contributed by atoms with Crippen LogP contribution in [0.5, 0.6) is 11.5 Å². The predicted molar refractivity (Wildman–Crippen MR) is 79.8 cm³/mol. The number of rotatable bonds is 6. The van der Waals surface area contributed by atoms with Crippen molar-refractivity contribution in [1.29, 1.82) is 0 Å². The van der Waals surface area contributed by atoms with Gasteiger partial charge in [-0.3, -0.25) is 0 Å². The Morgan fingerprint density at radius 2 is 1.40 bits per heavy atom. The van der Waals surface area contributed by atoms with Crippen molar-refractivity contribution >= 4 is 10.0 Å². The molecular formula is C15H13F4NO4S. The molecule has 0 spiro atoms. The third kappa shape index (κ3) is 3.69. The van der Waals surface area contributed by atoms with Gasteiger partial charge in [0.15, 0.2) is 17.4 Å². The Morgan fingerprint density at radius 3 is 1.84 bits per heavy atom. The van der Waals surface area contributed by atoms with Crippen LogP contribution in [-0.2, 0) is 16.6 Å². The summed E-state index contributed by atoms with van der Waals surface area (Å²) in [5, 5.41) is 0. The average molecular weight is 379 g/mol. The molecule has 2 rings (SSSR count). The smallest absolute Gasteiger partial charge is 0.240 e. The fourth-order valence-corrected chi connectivity index (χ4v) is 2.99. The number of hydrogen-bond acceptors (Lipinski definition) is 4.